The van der Waals surface area contributed by atoms with Crippen molar-refractivity contribution in [3.8, 4) is 0 Å². The van der Waals surface area contributed by atoms with E-state index in [1.807, 2.05) is 17.9 Å². The zero-order chi connectivity index (χ0) is 14.1. The molecule has 2 aromatic rings. The minimum absolute atomic E-state index is 0.287. The summed E-state index contributed by atoms with van der Waals surface area (Å²) in [6.45, 7) is 0.608. The monoisotopic (exact) mass is 293 g/mol. The summed E-state index contributed by atoms with van der Waals surface area (Å²) < 4.78 is 15.3. The number of fused-ring (bicyclic) bond motifs is 1. The van der Waals surface area contributed by atoms with Crippen LogP contribution in [0.1, 0.15) is 35.7 Å². The maximum Gasteiger partial charge on any atom is 0.125 e. The number of nitrogens with one attached hydrogen (secondary N) is 1. The Morgan fingerprint density at radius 2 is 2.30 bits per heavy atom. The van der Waals surface area contributed by atoms with Gasteiger partial charge >= 0.3 is 0 Å². The number of aryl methyl sites for hydroxylation is 1. The van der Waals surface area contributed by atoms with Crippen LogP contribution in [0.5, 0.6) is 0 Å². The van der Waals surface area contributed by atoms with Crippen molar-refractivity contribution in [1.29, 1.82) is 0 Å². The molecule has 1 aromatic carbocycles. The first kappa shape index (κ1) is 13.6. The second-order valence-electron chi connectivity index (χ2n) is 5.27. The number of nitrogens with zero attached hydrogens (tertiary/aromatic N) is 2. The van der Waals surface area contributed by atoms with Gasteiger partial charge in [0.15, 0.2) is 0 Å². The molecule has 1 N–H and O–H groups in total. The summed E-state index contributed by atoms with van der Waals surface area (Å²) in [7, 11) is 1.98. The molecular weight excluding hydrogens is 277 g/mol. The highest BCUT2D eigenvalue weighted by atomic mass is 35.5. The smallest absolute Gasteiger partial charge is 0.125 e. The standard InChI is InChI=1S/C15H17ClFN3/c1-20-15-4-2-3-14(13(15)9-19-20)18-8-10-5-11(16)7-12(17)6-10/h5-7,9,14,18H,2-4,8H2,1H3. The van der Waals surface area contributed by atoms with E-state index in [-0.39, 0.29) is 11.9 Å². The van der Waals surface area contributed by atoms with Gasteiger partial charge in [0.25, 0.3) is 0 Å². The number of hydrogen-bond acceptors (Lipinski definition) is 2. The van der Waals surface area contributed by atoms with Crippen molar-refractivity contribution in [2.45, 2.75) is 31.8 Å². The van der Waals surface area contributed by atoms with Gasteiger partial charge in [0.2, 0.25) is 0 Å². The molecule has 0 fully saturated rings. The van der Waals surface area contributed by atoms with Crippen LogP contribution in [0, 0.1) is 5.82 Å². The molecule has 0 radical (unpaired) electrons. The third-order valence-electron chi connectivity index (χ3n) is 3.85. The van der Waals surface area contributed by atoms with E-state index in [4.69, 9.17) is 11.6 Å². The van der Waals surface area contributed by atoms with Gasteiger partial charge in [-0.1, -0.05) is 11.6 Å². The Morgan fingerprint density at radius 3 is 3.10 bits per heavy atom. The molecule has 106 valence electrons. The van der Waals surface area contributed by atoms with Gasteiger partial charge in [-0.15, -0.1) is 0 Å². The highest BCUT2D eigenvalue weighted by Crippen LogP contribution is 2.29. The SMILES string of the molecule is Cn1ncc2c1CCCC2NCc1cc(F)cc(Cl)c1. The van der Waals surface area contributed by atoms with Crippen LogP contribution in [0.15, 0.2) is 24.4 Å². The Morgan fingerprint density at radius 1 is 1.45 bits per heavy atom. The van der Waals surface area contributed by atoms with Gasteiger partial charge in [-0.2, -0.15) is 5.10 Å². The Balaban J connectivity index is 1.73. The van der Waals surface area contributed by atoms with Crippen LogP contribution < -0.4 is 5.32 Å². The molecule has 0 saturated heterocycles. The maximum absolute atomic E-state index is 13.3. The molecule has 0 bridgehead atoms. The molecule has 3 rings (SSSR count). The quantitative estimate of drug-likeness (QED) is 0.940. The summed E-state index contributed by atoms with van der Waals surface area (Å²) in [4.78, 5) is 0. The van der Waals surface area contributed by atoms with Gasteiger partial charge in [-0.3, -0.25) is 4.68 Å². The molecule has 0 aliphatic heterocycles. The Hall–Kier alpha value is -1.39. The number of rotatable bonds is 3. The molecule has 1 aliphatic rings. The Labute approximate surface area is 122 Å². The molecule has 0 saturated carbocycles. The number of halogens is 2. The van der Waals surface area contributed by atoms with Crippen molar-refractivity contribution in [2.75, 3.05) is 0 Å². The van der Waals surface area contributed by atoms with E-state index in [1.165, 1.54) is 23.4 Å². The van der Waals surface area contributed by atoms with E-state index in [2.05, 4.69) is 10.4 Å². The van der Waals surface area contributed by atoms with Gasteiger partial charge in [0.1, 0.15) is 5.82 Å². The maximum atomic E-state index is 13.3. The van der Waals surface area contributed by atoms with Crippen LogP contribution in [0.3, 0.4) is 0 Å². The van der Waals surface area contributed by atoms with E-state index in [0.717, 1.165) is 24.8 Å². The lowest BCUT2D eigenvalue weighted by Gasteiger charge is -2.24. The molecule has 20 heavy (non-hydrogen) atoms. The third-order valence-corrected chi connectivity index (χ3v) is 4.07. The number of benzene rings is 1. The summed E-state index contributed by atoms with van der Waals surface area (Å²) in [6, 6.07) is 4.93. The van der Waals surface area contributed by atoms with E-state index in [9.17, 15) is 4.39 Å². The van der Waals surface area contributed by atoms with E-state index in [1.54, 1.807) is 6.07 Å². The largest absolute Gasteiger partial charge is 0.306 e. The van der Waals surface area contributed by atoms with Crippen molar-refractivity contribution < 1.29 is 4.39 Å². The first-order chi connectivity index (χ1) is 9.63. The van der Waals surface area contributed by atoms with E-state index in [0.29, 0.717) is 11.6 Å². The zero-order valence-electron chi connectivity index (χ0n) is 11.4. The lowest BCUT2D eigenvalue weighted by molar-refractivity contribution is 0.451. The molecular formula is C15H17ClFN3. The average Bonchev–Trinajstić information content (AvgIpc) is 2.78. The van der Waals surface area contributed by atoms with Crippen LogP contribution in [-0.4, -0.2) is 9.78 Å². The van der Waals surface area contributed by atoms with E-state index >= 15 is 0 Å². The lowest BCUT2D eigenvalue weighted by Crippen LogP contribution is -2.25. The highest BCUT2D eigenvalue weighted by molar-refractivity contribution is 6.30. The van der Waals surface area contributed by atoms with Gasteiger partial charge in [-0.05, 0) is 43.0 Å². The fourth-order valence-electron chi connectivity index (χ4n) is 2.87. The van der Waals surface area contributed by atoms with Crippen molar-refractivity contribution >= 4 is 11.6 Å². The lowest BCUT2D eigenvalue weighted by atomic mass is 9.93. The predicted molar refractivity (Wildman–Crippen MR) is 77.1 cm³/mol. The predicted octanol–water partition coefficient (Wildman–Crippen LogP) is 3.38. The fourth-order valence-corrected chi connectivity index (χ4v) is 3.12. The number of hydrogen-bond donors (Lipinski definition) is 1. The third kappa shape index (κ3) is 2.72. The van der Waals surface area contributed by atoms with Gasteiger partial charge in [0.05, 0.1) is 6.20 Å². The summed E-state index contributed by atoms with van der Waals surface area (Å²) in [6.07, 6.45) is 5.25. The van der Waals surface area contributed by atoms with Crippen LogP contribution in [0.2, 0.25) is 5.02 Å². The van der Waals surface area contributed by atoms with Crippen molar-refractivity contribution in [2.24, 2.45) is 7.05 Å². The minimum Gasteiger partial charge on any atom is -0.306 e. The first-order valence-electron chi connectivity index (χ1n) is 6.82. The second kappa shape index (κ2) is 5.54. The fraction of sp³-hybridized carbons (Fsp3) is 0.400. The molecule has 1 heterocycles. The molecule has 0 amide bonds. The molecule has 1 aliphatic carbocycles. The normalized spacial score (nSPS) is 18.1. The first-order valence-corrected chi connectivity index (χ1v) is 7.20. The Kier molecular flexibility index (Phi) is 3.76. The van der Waals surface area contributed by atoms with Crippen LogP contribution in [0.4, 0.5) is 4.39 Å². The van der Waals surface area contributed by atoms with Gasteiger partial charge in [0, 0.05) is 35.9 Å². The molecule has 1 atom stereocenters. The average molecular weight is 294 g/mol. The van der Waals surface area contributed by atoms with Crippen molar-refractivity contribution in [3.05, 3.63) is 52.1 Å². The van der Waals surface area contributed by atoms with Crippen molar-refractivity contribution in [3.63, 3.8) is 0 Å². The van der Waals surface area contributed by atoms with Crippen LogP contribution >= 0.6 is 11.6 Å². The summed E-state index contributed by atoms with van der Waals surface area (Å²) >= 11 is 5.87. The second-order valence-corrected chi connectivity index (χ2v) is 5.71. The van der Waals surface area contributed by atoms with Crippen LogP contribution in [0.25, 0.3) is 0 Å². The topological polar surface area (TPSA) is 29.9 Å². The summed E-state index contributed by atoms with van der Waals surface area (Å²) in [5.74, 6) is -0.292. The molecule has 5 heteroatoms. The molecule has 0 spiro atoms. The van der Waals surface area contributed by atoms with Gasteiger partial charge in [-0.25, -0.2) is 4.39 Å². The summed E-state index contributed by atoms with van der Waals surface area (Å²) in [5.41, 5.74) is 3.43. The molecule has 1 unspecified atom stereocenters. The molecule has 3 nitrogen and oxygen atoms in total. The zero-order valence-corrected chi connectivity index (χ0v) is 12.1. The van der Waals surface area contributed by atoms with Gasteiger partial charge < -0.3 is 5.32 Å². The van der Waals surface area contributed by atoms with Crippen LogP contribution in [-0.2, 0) is 20.0 Å². The summed E-state index contributed by atoms with van der Waals surface area (Å²) in [5, 5.41) is 8.25. The van der Waals surface area contributed by atoms with Crippen molar-refractivity contribution in [1.82, 2.24) is 15.1 Å². The Bertz CT molecular complexity index is 603. The number of aromatic nitrogens is 2. The molecule has 1 aromatic heterocycles. The minimum atomic E-state index is -0.292. The highest BCUT2D eigenvalue weighted by Gasteiger charge is 2.22. The van der Waals surface area contributed by atoms with E-state index < -0.39 is 0 Å².